The van der Waals surface area contributed by atoms with Crippen molar-refractivity contribution < 1.29 is 29.4 Å². The summed E-state index contributed by atoms with van der Waals surface area (Å²) in [6, 6.07) is 15.1. The predicted molar refractivity (Wildman–Crippen MR) is 181 cm³/mol. The van der Waals surface area contributed by atoms with Crippen LogP contribution in [0.2, 0.25) is 0 Å². The minimum absolute atomic E-state index is 0.0174. The Hall–Kier alpha value is -2.76. The van der Waals surface area contributed by atoms with E-state index >= 15 is 0 Å². The maximum atomic E-state index is 14.5. The fourth-order valence-corrected chi connectivity index (χ4v) is 10.9. The van der Waals surface area contributed by atoms with Crippen LogP contribution in [-0.4, -0.2) is 113 Å². The van der Waals surface area contributed by atoms with Crippen molar-refractivity contribution >= 4 is 85.5 Å². The van der Waals surface area contributed by atoms with Crippen molar-refractivity contribution in [2.75, 3.05) is 37.9 Å². The molecule has 0 unspecified atom stereocenters. The van der Waals surface area contributed by atoms with Gasteiger partial charge in [-0.1, -0.05) is 36.4 Å². The maximum Gasteiger partial charge on any atom is 0.264 e. The van der Waals surface area contributed by atoms with Gasteiger partial charge in [0.25, 0.3) is 23.6 Å². The first kappa shape index (κ1) is 30.6. The Morgan fingerprint density at radius 3 is 1.35 bits per heavy atom. The van der Waals surface area contributed by atoms with Crippen molar-refractivity contribution in [3.05, 3.63) is 59.7 Å². The van der Waals surface area contributed by atoms with Crippen molar-refractivity contribution in [2.45, 2.75) is 55.5 Å². The number of likely N-dealkylation sites (N-methyl/N-ethyl adjacent to an activating group) is 2. The third-order valence-corrected chi connectivity index (χ3v) is 13.9. The molecule has 0 bridgehead atoms. The molecule has 0 saturated carbocycles. The van der Waals surface area contributed by atoms with Crippen LogP contribution < -0.4 is 10.6 Å². The van der Waals surface area contributed by atoms with Gasteiger partial charge >= 0.3 is 0 Å². The average Bonchev–Trinajstić information content (AvgIpc) is 3.71. The van der Waals surface area contributed by atoms with Gasteiger partial charge in [0, 0.05) is 38.3 Å². The third-order valence-electron chi connectivity index (χ3n) is 11.5. The van der Waals surface area contributed by atoms with Gasteiger partial charge in [-0.2, -0.15) is 0 Å². The summed E-state index contributed by atoms with van der Waals surface area (Å²) in [5.41, 5.74) is 0.544. The first-order valence-corrected chi connectivity index (χ1v) is 16.5. The predicted octanol–water partition coefficient (Wildman–Crippen LogP) is 0.263. The van der Waals surface area contributed by atoms with Gasteiger partial charge in [0.1, 0.15) is 12.3 Å². The highest BCUT2D eigenvalue weighted by Gasteiger charge is 2.84. The van der Waals surface area contributed by atoms with Crippen LogP contribution in [0, 0.1) is 0 Å². The molecule has 0 aromatic heterocycles. The van der Waals surface area contributed by atoms with Crippen molar-refractivity contribution in [3.8, 4) is 0 Å². The van der Waals surface area contributed by atoms with Crippen LogP contribution >= 0.6 is 50.5 Å². The van der Waals surface area contributed by atoms with Gasteiger partial charge < -0.3 is 30.6 Å². The number of aliphatic hydroxyl groups is 2. The van der Waals surface area contributed by atoms with E-state index in [1.165, 1.54) is 23.9 Å². The average molecular weight is 701 g/mol. The molecule has 0 spiro atoms. The van der Waals surface area contributed by atoms with E-state index in [2.05, 4.69) is 35.9 Å². The first-order valence-electron chi connectivity index (χ1n) is 14.7. The van der Waals surface area contributed by atoms with Crippen LogP contribution in [0.5, 0.6) is 0 Å². The minimum atomic E-state index is -1.86. The number of benzene rings is 2. The highest BCUT2D eigenvalue weighted by atomic mass is 32.1. The molecule has 6 heterocycles. The lowest BCUT2D eigenvalue weighted by Crippen LogP contribution is -2.74. The Morgan fingerprint density at radius 1 is 0.652 bits per heavy atom. The van der Waals surface area contributed by atoms with Gasteiger partial charge in [0.05, 0.1) is 24.0 Å². The van der Waals surface area contributed by atoms with Crippen molar-refractivity contribution in [1.29, 1.82) is 0 Å². The highest BCUT2D eigenvalue weighted by Crippen LogP contribution is 2.73. The number of nitrogens with zero attached hydrogens (tertiary/aromatic N) is 4. The summed E-state index contributed by atoms with van der Waals surface area (Å²) in [5, 5.41) is 27.9. The summed E-state index contributed by atoms with van der Waals surface area (Å²) in [7, 11) is 2.84. The van der Waals surface area contributed by atoms with Gasteiger partial charge in [0.2, 0.25) is 0 Å². The van der Waals surface area contributed by atoms with Gasteiger partial charge in [-0.15, -0.1) is 50.5 Å². The number of aliphatic hydroxyl groups excluding tert-OH is 2. The van der Waals surface area contributed by atoms with E-state index in [4.69, 9.17) is 25.3 Å². The number of fused-ring (bicyclic) bond motifs is 11. The molecular weight excluding hydrogens is 669 g/mol. The summed E-state index contributed by atoms with van der Waals surface area (Å²) in [6.45, 7) is -1.48. The molecule has 8 rings (SSSR count). The zero-order valence-electron chi connectivity index (χ0n) is 24.7. The fourth-order valence-electron chi connectivity index (χ4n) is 9.27. The number of carbonyl (C=O) groups excluding carboxylic acids is 4. The lowest BCUT2D eigenvalue weighted by Gasteiger charge is -2.51. The zero-order valence-corrected chi connectivity index (χ0v) is 28.3. The second kappa shape index (κ2) is 9.02. The number of hydrogen-bond acceptors (Lipinski definition) is 12. The quantitative estimate of drug-likeness (QED) is 0.213. The summed E-state index contributed by atoms with van der Waals surface area (Å²) in [4.78, 5) is 55.6. The minimum Gasteiger partial charge on any atom is -0.392 e. The largest absolute Gasteiger partial charge is 0.392 e. The number of carbonyl (C=O) groups is 4. The molecule has 46 heavy (non-hydrogen) atoms. The Bertz CT molecular complexity index is 1680. The van der Waals surface area contributed by atoms with Crippen molar-refractivity contribution in [2.24, 2.45) is 0 Å². The van der Waals surface area contributed by atoms with E-state index < -0.39 is 79.5 Å². The molecule has 4 N–H and O–H groups in total. The number of anilines is 2. The topological polar surface area (TPSA) is 146 Å². The molecule has 12 nitrogen and oxygen atoms in total. The number of piperazine rings is 2. The molecule has 16 heteroatoms. The number of rotatable bonds is 3. The fraction of sp³-hybridized carbons (Fsp3) is 0.467. The molecule has 2 aromatic rings. The molecule has 6 aliphatic heterocycles. The first-order chi connectivity index (χ1) is 21.6. The lowest BCUT2D eigenvalue weighted by molar-refractivity contribution is -0.165. The molecule has 8 atom stereocenters. The Labute approximate surface area is 286 Å². The van der Waals surface area contributed by atoms with E-state index in [1.54, 1.807) is 0 Å². The molecule has 4 fully saturated rings. The molecule has 0 aliphatic carbocycles. The van der Waals surface area contributed by atoms with E-state index in [0.29, 0.717) is 11.4 Å². The second-order valence-corrected chi connectivity index (χ2v) is 16.1. The smallest absolute Gasteiger partial charge is 0.264 e. The van der Waals surface area contributed by atoms with Crippen LogP contribution in [0.15, 0.2) is 48.5 Å². The standard InChI is InChI=1S/C30H32N6O6S4/c1-33-21(39)27(43)11-25(15-7-3-5-9-17(15)31-19(25)35(27)23(41)29(33,45)13-37)26-12-28(44)22(40)34(2)30(46,14-38)24(42)36(28)20(26)32-18-10-6-4-8-16(18)26/h3-10,19-20,31-32,37-38,43-46H,11-14H2,1-2H3/t19-,20-,25+,26+,27+,28+,29+,30+/m1/s1. The summed E-state index contributed by atoms with van der Waals surface area (Å²) < 4.78 is 0. The summed E-state index contributed by atoms with van der Waals surface area (Å²) >= 11 is 19.1. The third kappa shape index (κ3) is 2.96. The number of thiol groups is 4. The number of para-hydroxylation sites is 2. The zero-order chi connectivity index (χ0) is 33.0. The number of hydrogen-bond donors (Lipinski definition) is 8. The SMILES string of the molecule is CN1C(=O)[C@@]2(S)C[C@]3([C@]45C[C@]6(S)C(=O)N(C)[C@](S)(CO)C(=O)N6[C@H]4Nc4ccccc45)c4ccccc4N[C@@H]3N2C(=O)[C@@]1(S)CO. The number of amides is 4. The highest BCUT2D eigenvalue weighted by molar-refractivity contribution is 7.84. The van der Waals surface area contributed by atoms with Gasteiger partial charge in [-0.05, 0) is 23.3 Å². The van der Waals surface area contributed by atoms with Crippen LogP contribution in [0.25, 0.3) is 0 Å². The maximum absolute atomic E-state index is 14.5. The van der Waals surface area contributed by atoms with Crippen molar-refractivity contribution in [1.82, 2.24) is 19.6 Å². The van der Waals surface area contributed by atoms with E-state index in [1.807, 2.05) is 48.5 Å². The van der Waals surface area contributed by atoms with E-state index in [-0.39, 0.29) is 12.8 Å². The Kier molecular flexibility index (Phi) is 5.99. The Morgan fingerprint density at radius 2 is 1.00 bits per heavy atom. The molecule has 0 radical (unpaired) electrons. The Balaban J connectivity index is 1.46. The number of nitrogens with one attached hydrogen (secondary N) is 2. The monoisotopic (exact) mass is 700 g/mol. The van der Waals surface area contributed by atoms with Crippen LogP contribution in [0.1, 0.15) is 24.0 Å². The van der Waals surface area contributed by atoms with Gasteiger partial charge in [-0.25, -0.2) is 0 Å². The summed E-state index contributed by atoms with van der Waals surface area (Å²) in [5.74, 6) is -2.30. The molecule has 4 amide bonds. The molecular formula is C30H32N6O6S4. The van der Waals surface area contributed by atoms with E-state index in [9.17, 15) is 29.4 Å². The van der Waals surface area contributed by atoms with Crippen molar-refractivity contribution in [3.63, 3.8) is 0 Å². The van der Waals surface area contributed by atoms with Crippen LogP contribution in [-0.2, 0) is 30.0 Å². The van der Waals surface area contributed by atoms with Crippen LogP contribution in [0.4, 0.5) is 11.4 Å². The second-order valence-electron chi connectivity index (χ2n) is 13.1. The lowest BCUT2D eigenvalue weighted by atomic mass is 9.54. The summed E-state index contributed by atoms with van der Waals surface area (Å²) in [6.07, 6.45) is -1.89. The molecule has 2 aromatic carbocycles. The van der Waals surface area contributed by atoms with Crippen LogP contribution in [0.3, 0.4) is 0 Å². The molecule has 242 valence electrons. The molecule has 6 aliphatic rings. The normalized spacial score (nSPS) is 41.9. The van der Waals surface area contributed by atoms with Gasteiger partial charge in [-0.3, -0.25) is 29.0 Å². The van der Waals surface area contributed by atoms with Gasteiger partial charge in [0.15, 0.2) is 19.5 Å². The van der Waals surface area contributed by atoms with E-state index in [0.717, 1.165) is 20.9 Å². The molecule has 4 saturated heterocycles.